The van der Waals surface area contributed by atoms with Gasteiger partial charge in [-0.1, -0.05) is 200 Å². The van der Waals surface area contributed by atoms with Crippen LogP contribution in [0.1, 0.15) is 44.5 Å². The molecule has 1 nitrogen and oxygen atoms in total. The van der Waals surface area contributed by atoms with Crippen LogP contribution in [0.25, 0.3) is 53.6 Å². The summed E-state index contributed by atoms with van der Waals surface area (Å²) in [5, 5.41) is 2.56. The molecule has 2 heteroatoms. The van der Waals surface area contributed by atoms with Crippen molar-refractivity contribution in [2.24, 2.45) is 0 Å². The highest BCUT2D eigenvalue weighted by Crippen LogP contribution is 2.65. The number of fused-ring (bicyclic) bond motifs is 16. The van der Waals surface area contributed by atoms with Gasteiger partial charge in [0.15, 0.2) is 0 Å². The van der Waals surface area contributed by atoms with Gasteiger partial charge in [-0.05, 0) is 109 Å². The van der Waals surface area contributed by atoms with Gasteiger partial charge in [-0.2, -0.15) is 0 Å². The van der Waals surface area contributed by atoms with E-state index in [-0.39, 0.29) is 0 Å². The van der Waals surface area contributed by atoms with Gasteiger partial charge in [0.2, 0.25) is 0 Å². The van der Waals surface area contributed by atoms with E-state index < -0.39 is 10.8 Å². The highest BCUT2D eigenvalue weighted by atomic mass is 32.1. The zero-order valence-electron chi connectivity index (χ0n) is 34.9. The van der Waals surface area contributed by atoms with Gasteiger partial charge in [-0.3, -0.25) is 0 Å². The Labute approximate surface area is 376 Å². The summed E-state index contributed by atoms with van der Waals surface area (Å²) in [6.07, 6.45) is 0. The molecule has 0 unspecified atom stereocenters. The standard InChI is InChI=1S/C62H39NS/c1-3-19-40(20-4-1)61(41-21-5-2-6-22-41)49-28-12-7-25-45(49)46-38-37-42(39-54(46)61)63(56-34-18-36-58-60(56)48-27-11-16-35-57(48)64-58)55-33-17-32-53-59(55)47-26-10-15-31-52(47)62(53)50-29-13-8-23-43(50)44-24-9-14-30-51(44)62/h1-39H. The molecule has 0 atom stereocenters. The zero-order chi connectivity index (χ0) is 42.0. The average molecular weight is 830 g/mol. The summed E-state index contributed by atoms with van der Waals surface area (Å²) >= 11 is 1.88. The molecule has 0 saturated carbocycles. The summed E-state index contributed by atoms with van der Waals surface area (Å²) in [6, 6.07) is 89.0. The highest BCUT2D eigenvalue weighted by molar-refractivity contribution is 7.26. The second-order valence-corrected chi connectivity index (χ2v) is 18.5. The van der Waals surface area contributed by atoms with Crippen molar-refractivity contribution in [3.8, 4) is 33.4 Å². The minimum Gasteiger partial charge on any atom is -0.309 e. The van der Waals surface area contributed by atoms with Crippen LogP contribution in [0, 0.1) is 0 Å². The van der Waals surface area contributed by atoms with Crippen molar-refractivity contribution in [3.05, 3.63) is 281 Å². The van der Waals surface area contributed by atoms with Crippen LogP contribution in [0.15, 0.2) is 237 Å². The van der Waals surface area contributed by atoms with E-state index in [1.807, 2.05) is 11.3 Å². The van der Waals surface area contributed by atoms with Crippen LogP contribution < -0.4 is 4.90 Å². The maximum atomic E-state index is 2.60. The molecule has 0 aliphatic heterocycles. The first-order chi connectivity index (χ1) is 31.8. The van der Waals surface area contributed by atoms with E-state index in [0.29, 0.717) is 0 Å². The molecule has 298 valence electrons. The second-order valence-electron chi connectivity index (χ2n) is 17.4. The van der Waals surface area contributed by atoms with Crippen LogP contribution in [-0.4, -0.2) is 0 Å². The van der Waals surface area contributed by atoms with E-state index in [9.17, 15) is 0 Å². The number of thiophene rings is 1. The molecule has 0 saturated heterocycles. The summed E-state index contributed by atoms with van der Waals surface area (Å²) in [7, 11) is 0. The molecule has 14 rings (SSSR count). The van der Waals surface area contributed by atoms with Crippen molar-refractivity contribution in [1.29, 1.82) is 0 Å². The van der Waals surface area contributed by atoms with Gasteiger partial charge in [0, 0.05) is 31.4 Å². The maximum Gasteiger partial charge on any atom is 0.0726 e. The molecular weight excluding hydrogens is 791 g/mol. The van der Waals surface area contributed by atoms with Gasteiger partial charge >= 0.3 is 0 Å². The van der Waals surface area contributed by atoms with Crippen molar-refractivity contribution in [1.82, 2.24) is 0 Å². The Bertz CT molecular complexity index is 3610. The van der Waals surface area contributed by atoms with Crippen LogP contribution in [0.4, 0.5) is 17.1 Å². The van der Waals surface area contributed by atoms with Crippen LogP contribution >= 0.6 is 11.3 Å². The van der Waals surface area contributed by atoms with E-state index in [1.165, 1.54) is 109 Å². The molecule has 0 fully saturated rings. The number of hydrogen-bond donors (Lipinski definition) is 0. The summed E-state index contributed by atoms with van der Waals surface area (Å²) in [6.45, 7) is 0. The Hall–Kier alpha value is -7.78. The molecule has 0 radical (unpaired) electrons. The third-order valence-electron chi connectivity index (χ3n) is 14.6. The maximum absolute atomic E-state index is 2.60. The first-order valence-electron chi connectivity index (χ1n) is 22.3. The van der Waals surface area contributed by atoms with Crippen LogP contribution in [0.2, 0.25) is 0 Å². The monoisotopic (exact) mass is 829 g/mol. The van der Waals surface area contributed by atoms with Crippen molar-refractivity contribution in [2.75, 3.05) is 4.90 Å². The Morgan fingerprint density at radius 2 is 0.781 bits per heavy atom. The molecule has 1 heterocycles. The number of anilines is 3. The zero-order valence-corrected chi connectivity index (χ0v) is 35.7. The predicted molar refractivity (Wildman–Crippen MR) is 268 cm³/mol. The fourth-order valence-electron chi connectivity index (χ4n) is 12.2. The molecule has 0 bridgehead atoms. The molecule has 3 aliphatic carbocycles. The molecular formula is C62H39NS. The molecule has 10 aromatic carbocycles. The van der Waals surface area contributed by atoms with Gasteiger partial charge in [0.1, 0.15) is 0 Å². The summed E-state index contributed by atoms with van der Waals surface area (Å²) in [5.41, 5.74) is 20.7. The SMILES string of the molecule is c1ccc(C2(c3ccccc3)c3ccccc3-c3ccc(N(c4cccc5c4-c4ccccc4C54c5ccccc5-c5ccccc54)c4cccc5sc6ccccc6c45)cc32)cc1. The average Bonchev–Trinajstić information content (AvgIpc) is 4.08. The van der Waals surface area contributed by atoms with Crippen LogP contribution in [0.5, 0.6) is 0 Å². The highest BCUT2D eigenvalue weighted by Gasteiger charge is 2.53. The Kier molecular flexibility index (Phi) is 7.47. The summed E-state index contributed by atoms with van der Waals surface area (Å²) in [4.78, 5) is 2.60. The fraction of sp³-hybridized carbons (Fsp3) is 0.0323. The van der Waals surface area contributed by atoms with E-state index in [0.717, 1.165) is 5.69 Å². The first-order valence-corrected chi connectivity index (χ1v) is 23.1. The molecule has 1 spiro atoms. The molecule has 11 aromatic rings. The van der Waals surface area contributed by atoms with Crippen molar-refractivity contribution in [3.63, 3.8) is 0 Å². The number of hydrogen-bond acceptors (Lipinski definition) is 2. The van der Waals surface area contributed by atoms with Crippen LogP contribution in [0.3, 0.4) is 0 Å². The van der Waals surface area contributed by atoms with E-state index >= 15 is 0 Å². The van der Waals surface area contributed by atoms with E-state index in [4.69, 9.17) is 0 Å². The smallest absolute Gasteiger partial charge is 0.0726 e. The van der Waals surface area contributed by atoms with Crippen molar-refractivity contribution < 1.29 is 0 Å². The Morgan fingerprint density at radius 1 is 0.312 bits per heavy atom. The molecule has 0 N–H and O–H groups in total. The number of benzene rings is 10. The molecule has 64 heavy (non-hydrogen) atoms. The van der Waals surface area contributed by atoms with E-state index in [1.54, 1.807) is 0 Å². The minimum absolute atomic E-state index is 0.461. The normalized spacial score (nSPS) is 14.2. The molecule has 0 amide bonds. The molecule has 1 aromatic heterocycles. The second kappa shape index (κ2) is 13.4. The quantitative estimate of drug-likeness (QED) is 0.167. The summed E-state index contributed by atoms with van der Waals surface area (Å²) in [5.74, 6) is 0. The lowest BCUT2D eigenvalue weighted by atomic mass is 9.67. The van der Waals surface area contributed by atoms with Gasteiger partial charge in [-0.15, -0.1) is 11.3 Å². The lowest BCUT2D eigenvalue weighted by Gasteiger charge is -2.35. The van der Waals surface area contributed by atoms with Gasteiger partial charge in [0.25, 0.3) is 0 Å². The van der Waals surface area contributed by atoms with Crippen LogP contribution in [-0.2, 0) is 10.8 Å². The minimum atomic E-state index is -0.538. The summed E-state index contributed by atoms with van der Waals surface area (Å²) < 4.78 is 2.58. The van der Waals surface area contributed by atoms with Gasteiger partial charge in [-0.25, -0.2) is 0 Å². The third kappa shape index (κ3) is 4.53. The third-order valence-corrected chi connectivity index (χ3v) is 15.7. The lowest BCUT2D eigenvalue weighted by Crippen LogP contribution is -2.28. The Morgan fingerprint density at radius 3 is 1.44 bits per heavy atom. The number of nitrogens with zero attached hydrogens (tertiary/aromatic N) is 1. The predicted octanol–water partition coefficient (Wildman–Crippen LogP) is 16.2. The van der Waals surface area contributed by atoms with Crippen molar-refractivity contribution in [2.45, 2.75) is 10.8 Å². The van der Waals surface area contributed by atoms with Gasteiger partial charge < -0.3 is 4.90 Å². The number of rotatable bonds is 5. The lowest BCUT2D eigenvalue weighted by molar-refractivity contribution is 0.768. The Balaban J connectivity index is 1.11. The van der Waals surface area contributed by atoms with E-state index in [2.05, 4.69) is 241 Å². The molecule has 3 aliphatic rings. The fourth-order valence-corrected chi connectivity index (χ4v) is 13.4. The largest absolute Gasteiger partial charge is 0.309 e. The first kappa shape index (κ1) is 35.8. The van der Waals surface area contributed by atoms with Gasteiger partial charge in [0.05, 0.1) is 22.2 Å². The van der Waals surface area contributed by atoms with Crippen molar-refractivity contribution >= 4 is 48.6 Å². The topological polar surface area (TPSA) is 3.24 Å².